The van der Waals surface area contributed by atoms with E-state index in [-0.39, 0.29) is 5.76 Å². The molecule has 0 aromatic carbocycles. The zero-order valence-corrected chi connectivity index (χ0v) is 10.7. The Bertz CT molecular complexity index is 424. The second-order valence-corrected chi connectivity index (χ2v) is 4.60. The van der Waals surface area contributed by atoms with Crippen molar-refractivity contribution in [3.63, 3.8) is 0 Å². The molecular formula is C12H19N3O3. The maximum Gasteiger partial charge on any atom is 0.300 e. The maximum absolute atomic E-state index is 11.4. The summed E-state index contributed by atoms with van der Waals surface area (Å²) in [5.74, 6) is 5.67. The highest BCUT2D eigenvalue weighted by atomic mass is 16.5. The summed E-state index contributed by atoms with van der Waals surface area (Å²) < 4.78 is 10.7. The zero-order chi connectivity index (χ0) is 13.1. The van der Waals surface area contributed by atoms with Crippen LogP contribution in [0.4, 0.5) is 0 Å². The highest BCUT2D eigenvalue weighted by Gasteiger charge is 2.22. The molecule has 3 N–H and O–H groups in total. The van der Waals surface area contributed by atoms with Crippen LogP contribution in [0.1, 0.15) is 28.3 Å². The summed E-state index contributed by atoms with van der Waals surface area (Å²) in [6, 6.07) is 2.18. The van der Waals surface area contributed by atoms with Crippen molar-refractivity contribution in [2.45, 2.75) is 25.9 Å². The van der Waals surface area contributed by atoms with Crippen molar-refractivity contribution in [1.82, 2.24) is 10.3 Å². The van der Waals surface area contributed by atoms with E-state index in [0.717, 1.165) is 37.5 Å². The quantitative estimate of drug-likeness (QED) is 0.461. The smallest absolute Gasteiger partial charge is 0.300 e. The number of aryl methyl sites for hydroxylation is 1. The van der Waals surface area contributed by atoms with Gasteiger partial charge in [-0.3, -0.25) is 15.1 Å². The molecule has 2 rings (SSSR count). The van der Waals surface area contributed by atoms with Crippen LogP contribution in [0.2, 0.25) is 0 Å². The van der Waals surface area contributed by atoms with Crippen molar-refractivity contribution >= 4 is 5.91 Å². The molecule has 0 saturated carbocycles. The van der Waals surface area contributed by atoms with Crippen molar-refractivity contribution in [3.05, 3.63) is 23.2 Å². The fourth-order valence-electron chi connectivity index (χ4n) is 2.13. The number of nitrogens with zero attached hydrogens (tertiary/aromatic N) is 1. The van der Waals surface area contributed by atoms with Gasteiger partial charge in [-0.2, -0.15) is 0 Å². The standard InChI is InChI=1S/C12H19N3O3/c1-8-9(5-11(18-8)12(16)14-13)6-15(2)10-3-4-17-7-10/h5,10H,3-4,6-7,13H2,1-2H3,(H,14,16). The van der Waals surface area contributed by atoms with E-state index in [1.807, 2.05) is 6.92 Å². The highest BCUT2D eigenvalue weighted by Crippen LogP contribution is 2.19. The van der Waals surface area contributed by atoms with Crippen LogP contribution in [0.5, 0.6) is 0 Å². The summed E-state index contributed by atoms with van der Waals surface area (Å²) in [4.78, 5) is 13.6. The third-order valence-electron chi connectivity index (χ3n) is 3.32. The molecule has 2 heterocycles. The van der Waals surface area contributed by atoms with Gasteiger partial charge in [0.2, 0.25) is 0 Å². The molecule has 1 aliphatic heterocycles. The van der Waals surface area contributed by atoms with Crippen molar-refractivity contribution in [1.29, 1.82) is 0 Å². The first kappa shape index (κ1) is 13.1. The van der Waals surface area contributed by atoms with Crippen LogP contribution < -0.4 is 11.3 Å². The number of likely N-dealkylation sites (N-methyl/N-ethyl adjacent to an activating group) is 1. The Morgan fingerprint density at radius 3 is 3.06 bits per heavy atom. The number of nitrogen functional groups attached to an aromatic ring is 1. The molecule has 1 atom stereocenters. The molecule has 0 spiro atoms. The average molecular weight is 253 g/mol. The first-order chi connectivity index (χ1) is 8.61. The van der Waals surface area contributed by atoms with E-state index < -0.39 is 5.91 Å². The van der Waals surface area contributed by atoms with Crippen LogP contribution in [0.3, 0.4) is 0 Å². The van der Waals surface area contributed by atoms with Gasteiger partial charge in [0.05, 0.1) is 6.61 Å². The van der Waals surface area contributed by atoms with E-state index >= 15 is 0 Å². The first-order valence-electron chi connectivity index (χ1n) is 6.00. The Hall–Kier alpha value is -1.37. The molecular weight excluding hydrogens is 234 g/mol. The van der Waals surface area contributed by atoms with Gasteiger partial charge in [-0.1, -0.05) is 0 Å². The molecule has 1 fully saturated rings. The van der Waals surface area contributed by atoms with Crippen LogP contribution >= 0.6 is 0 Å². The van der Waals surface area contributed by atoms with Gasteiger partial charge in [0.15, 0.2) is 5.76 Å². The van der Waals surface area contributed by atoms with Gasteiger partial charge in [0.1, 0.15) is 5.76 Å². The van der Waals surface area contributed by atoms with Gasteiger partial charge < -0.3 is 9.15 Å². The van der Waals surface area contributed by atoms with Crippen LogP contribution in [0.15, 0.2) is 10.5 Å². The summed E-state index contributed by atoms with van der Waals surface area (Å²) in [6.45, 7) is 4.17. The lowest BCUT2D eigenvalue weighted by molar-refractivity contribution is 0.0924. The Morgan fingerprint density at radius 1 is 1.67 bits per heavy atom. The lowest BCUT2D eigenvalue weighted by Gasteiger charge is -2.22. The Kier molecular flexibility index (Phi) is 4.00. The van der Waals surface area contributed by atoms with Crippen molar-refractivity contribution in [3.8, 4) is 0 Å². The number of hydrogen-bond donors (Lipinski definition) is 2. The van der Waals surface area contributed by atoms with Gasteiger partial charge in [-0.15, -0.1) is 0 Å². The van der Waals surface area contributed by atoms with E-state index in [0.29, 0.717) is 6.04 Å². The summed E-state index contributed by atoms with van der Waals surface area (Å²) in [6.07, 6.45) is 1.05. The summed E-state index contributed by atoms with van der Waals surface area (Å²) in [7, 11) is 2.05. The minimum Gasteiger partial charge on any atom is -0.456 e. The Balaban J connectivity index is 2.04. The van der Waals surface area contributed by atoms with Gasteiger partial charge in [0, 0.05) is 24.8 Å². The van der Waals surface area contributed by atoms with Crippen molar-refractivity contribution in [2.75, 3.05) is 20.3 Å². The van der Waals surface area contributed by atoms with Crippen LogP contribution in [0, 0.1) is 6.92 Å². The van der Waals surface area contributed by atoms with E-state index in [4.69, 9.17) is 15.0 Å². The van der Waals surface area contributed by atoms with Crippen LogP contribution in [0.25, 0.3) is 0 Å². The van der Waals surface area contributed by atoms with Crippen LogP contribution in [-0.4, -0.2) is 37.1 Å². The molecule has 1 unspecified atom stereocenters. The molecule has 1 aromatic rings. The van der Waals surface area contributed by atoms with E-state index in [1.165, 1.54) is 0 Å². The normalized spacial score (nSPS) is 19.4. The number of carbonyl (C=O) groups is 1. The lowest BCUT2D eigenvalue weighted by Crippen LogP contribution is -2.31. The Labute approximate surface area is 106 Å². The van der Waals surface area contributed by atoms with Crippen molar-refractivity contribution in [2.24, 2.45) is 5.84 Å². The first-order valence-corrected chi connectivity index (χ1v) is 6.00. The minimum absolute atomic E-state index is 0.251. The van der Waals surface area contributed by atoms with Gasteiger partial charge in [0.25, 0.3) is 0 Å². The number of amides is 1. The maximum atomic E-state index is 11.4. The second-order valence-electron chi connectivity index (χ2n) is 4.60. The predicted octanol–water partition coefficient (Wildman–Crippen LogP) is 0.412. The predicted molar refractivity (Wildman–Crippen MR) is 65.8 cm³/mol. The zero-order valence-electron chi connectivity index (χ0n) is 10.7. The molecule has 0 radical (unpaired) electrons. The number of hydrogen-bond acceptors (Lipinski definition) is 5. The number of nitrogens with two attached hydrogens (primary N) is 1. The molecule has 18 heavy (non-hydrogen) atoms. The van der Waals surface area contributed by atoms with Crippen LogP contribution in [-0.2, 0) is 11.3 Å². The topological polar surface area (TPSA) is 80.7 Å². The molecule has 1 aliphatic rings. The molecule has 1 saturated heterocycles. The molecule has 1 amide bonds. The molecule has 6 heteroatoms. The van der Waals surface area contributed by atoms with Gasteiger partial charge in [-0.25, -0.2) is 5.84 Å². The second kappa shape index (κ2) is 5.51. The summed E-state index contributed by atoms with van der Waals surface area (Å²) in [5.41, 5.74) is 3.07. The van der Waals surface area contributed by atoms with Crippen molar-refractivity contribution < 1.29 is 13.9 Å². The number of nitrogens with one attached hydrogen (secondary N) is 1. The third kappa shape index (κ3) is 2.72. The number of hydrazine groups is 1. The number of furan rings is 1. The molecule has 0 bridgehead atoms. The van der Waals surface area contributed by atoms with Gasteiger partial charge >= 0.3 is 5.91 Å². The van der Waals surface area contributed by atoms with E-state index in [9.17, 15) is 4.79 Å². The molecule has 100 valence electrons. The summed E-state index contributed by atoms with van der Waals surface area (Å²) in [5, 5.41) is 0. The Morgan fingerprint density at radius 2 is 2.44 bits per heavy atom. The molecule has 1 aromatic heterocycles. The molecule has 6 nitrogen and oxygen atoms in total. The SMILES string of the molecule is Cc1oc(C(=O)NN)cc1CN(C)C1CCOC1. The summed E-state index contributed by atoms with van der Waals surface area (Å²) >= 11 is 0. The molecule has 0 aliphatic carbocycles. The number of rotatable bonds is 4. The highest BCUT2D eigenvalue weighted by molar-refractivity contribution is 5.91. The number of carbonyl (C=O) groups excluding carboxylic acids is 1. The van der Waals surface area contributed by atoms with E-state index in [1.54, 1.807) is 6.07 Å². The van der Waals surface area contributed by atoms with Gasteiger partial charge in [-0.05, 0) is 26.5 Å². The number of ether oxygens (including phenoxy) is 1. The minimum atomic E-state index is -0.406. The third-order valence-corrected chi connectivity index (χ3v) is 3.32. The fraction of sp³-hybridized carbons (Fsp3) is 0.583. The fourth-order valence-corrected chi connectivity index (χ4v) is 2.13. The lowest BCUT2D eigenvalue weighted by atomic mass is 10.2. The largest absolute Gasteiger partial charge is 0.456 e. The average Bonchev–Trinajstić information content (AvgIpc) is 2.99. The monoisotopic (exact) mass is 253 g/mol. The van der Waals surface area contributed by atoms with E-state index in [2.05, 4.69) is 17.4 Å².